The fourth-order valence-electron chi connectivity index (χ4n) is 2.06. The Morgan fingerprint density at radius 2 is 2.04 bits per heavy atom. The van der Waals surface area contributed by atoms with Crippen LogP contribution in [0.5, 0.6) is 0 Å². The average Bonchev–Trinajstić information content (AvgIpc) is 3.15. The van der Waals surface area contributed by atoms with Crippen molar-refractivity contribution in [1.29, 1.82) is 0 Å². The molecule has 6 nitrogen and oxygen atoms in total. The van der Waals surface area contributed by atoms with Gasteiger partial charge in [0.25, 0.3) is 0 Å². The normalized spacial score (nSPS) is 10.7. The number of anilines is 1. The first-order valence-electron chi connectivity index (χ1n) is 7.29. The minimum absolute atomic E-state index is 0.142. The van der Waals surface area contributed by atoms with E-state index < -0.39 is 0 Å². The molecule has 0 aliphatic carbocycles. The summed E-state index contributed by atoms with van der Waals surface area (Å²) < 4.78 is 5.66. The number of aromatic nitrogens is 3. The Kier molecular flexibility index (Phi) is 4.47. The van der Waals surface area contributed by atoms with E-state index in [1.807, 2.05) is 44.2 Å². The molecule has 1 aromatic carbocycles. The van der Waals surface area contributed by atoms with E-state index in [-0.39, 0.29) is 12.3 Å². The van der Waals surface area contributed by atoms with Crippen LogP contribution in [0, 0.1) is 6.92 Å². The standard InChI is InChI=1S/C16H16N4O2S/c1-3-14-19-20-16(23-14)18-13(21)9-12-10(2)22-15(17-12)11-7-5-4-6-8-11/h4-8H,3,9H2,1-2H3,(H,18,20,21). The SMILES string of the molecule is CCc1nnc(NC(=O)Cc2nc(-c3ccccc3)oc2C)s1. The number of aryl methyl sites for hydroxylation is 2. The van der Waals surface area contributed by atoms with E-state index in [0.717, 1.165) is 17.0 Å². The first-order chi connectivity index (χ1) is 11.2. The predicted molar refractivity (Wildman–Crippen MR) is 88.3 cm³/mol. The second kappa shape index (κ2) is 6.70. The van der Waals surface area contributed by atoms with Crippen molar-refractivity contribution >= 4 is 22.4 Å². The molecule has 23 heavy (non-hydrogen) atoms. The Bertz CT molecular complexity index is 811. The summed E-state index contributed by atoms with van der Waals surface area (Å²) in [6.07, 6.45) is 0.944. The molecule has 0 spiro atoms. The lowest BCUT2D eigenvalue weighted by Crippen LogP contribution is -2.15. The summed E-state index contributed by atoms with van der Waals surface area (Å²) in [6.45, 7) is 3.80. The second-order valence-electron chi connectivity index (χ2n) is 4.97. The Labute approximate surface area is 137 Å². The van der Waals surface area contributed by atoms with Gasteiger partial charge in [-0.25, -0.2) is 4.98 Å². The van der Waals surface area contributed by atoms with Gasteiger partial charge in [-0.05, 0) is 25.5 Å². The molecular formula is C16H16N4O2S. The van der Waals surface area contributed by atoms with Crippen LogP contribution in [0.4, 0.5) is 5.13 Å². The molecule has 0 bridgehead atoms. The fourth-order valence-corrected chi connectivity index (χ4v) is 2.75. The second-order valence-corrected chi connectivity index (χ2v) is 6.03. The highest BCUT2D eigenvalue weighted by Gasteiger charge is 2.15. The van der Waals surface area contributed by atoms with Crippen molar-refractivity contribution in [3.8, 4) is 11.5 Å². The molecule has 0 saturated heterocycles. The quantitative estimate of drug-likeness (QED) is 0.777. The molecule has 2 aromatic heterocycles. The van der Waals surface area contributed by atoms with Gasteiger partial charge in [-0.1, -0.05) is 36.5 Å². The lowest BCUT2D eigenvalue weighted by atomic mass is 10.2. The maximum Gasteiger partial charge on any atom is 0.232 e. The van der Waals surface area contributed by atoms with Crippen molar-refractivity contribution in [2.75, 3.05) is 5.32 Å². The number of carbonyl (C=O) groups excluding carboxylic acids is 1. The van der Waals surface area contributed by atoms with Crippen LogP contribution in [-0.2, 0) is 17.6 Å². The number of hydrogen-bond acceptors (Lipinski definition) is 6. The number of nitrogens with zero attached hydrogens (tertiary/aromatic N) is 3. The Hall–Kier alpha value is -2.54. The molecule has 7 heteroatoms. The van der Waals surface area contributed by atoms with Crippen LogP contribution in [0.2, 0.25) is 0 Å². The summed E-state index contributed by atoms with van der Waals surface area (Å²) in [5, 5.41) is 12.1. The number of carbonyl (C=O) groups is 1. The van der Waals surface area contributed by atoms with Crippen LogP contribution in [0.1, 0.15) is 23.4 Å². The molecule has 2 heterocycles. The van der Waals surface area contributed by atoms with Gasteiger partial charge < -0.3 is 9.73 Å². The number of oxazole rings is 1. The monoisotopic (exact) mass is 328 g/mol. The van der Waals surface area contributed by atoms with Crippen molar-refractivity contribution in [1.82, 2.24) is 15.2 Å². The highest BCUT2D eigenvalue weighted by atomic mass is 32.1. The number of amides is 1. The van der Waals surface area contributed by atoms with E-state index in [1.165, 1.54) is 11.3 Å². The molecule has 0 unspecified atom stereocenters. The average molecular weight is 328 g/mol. The van der Waals surface area contributed by atoms with Gasteiger partial charge in [0.15, 0.2) is 0 Å². The smallest absolute Gasteiger partial charge is 0.232 e. The lowest BCUT2D eigenvalue weighted by Gasteiger charge is -1.98. The molecule has 1 amide bonds. The maximum atomic E-state index is 12.1. The maximum absolute atomic E-state index is 12.1. The lowest BCUT2D eigenvalue weighted by molar-refractivity contribution is -0.115. The first kappa shape index (κ1) is 15.4. The zero-order valence-corrected chi connectivity index (χ0v) is 13.7. The van der Waals surface area contributed by atoms with Crippen LogP contribution in [0.25, 0.3) is 11.5 Å². The van der Waals surface area contributed by atoms with E-state index in [4.69, 9.17) is 4.42 Å². The predicted octanol–water partition coefficient (Wildman–Crippen LogP) is 3.25. The zero-order valence-electron chi connectivity index (χ0n) is 12.9. The van der Waals surface area contributed by atoms with Crippen LogP contribution >= 0.6 is 11.3 Å². The van der Waals surface area contributed by atoms with Crippen molar-refractivity contribution in [2.45, 2.75) is 26.7 Å². The van der Waals surface area contributed by atoms with E-state index in [9.17, 15) is 4.79 Å². The van der Waals surface area contributed by atoms with Crippen molar-refractivity contribution in [3.63, 3.8) is 0 Å². The Balaban J connectivity index is 1.70. The van der Waals surface area contributed by atoms with Gasteiger partial charge in [0.05, 0.1) is 12.1 Å². The first-order valence-corrected chi connectivity index (χ1v) is 8.11. The fraction of sp³-hybridized carbons (Fsp3) is 0.250. The highest BCUT2D eigenvalue weighted by molar-refractivity contribution is 7.15. The van der Waals surface area contributed by atoms with Crippen molar-refractivity contribution in [3.05, 3.63) is 46.8 Å². The topological polar surface area (TPSA) is 80.9 Å². The van der Waals surface area contributed by atoms with Crippen molar-refractivity contribution < 1.29 is 9.21 Å². The molecular weight excluding hydrogens is 312 g/mol. The van der Waals surface area contributed by atoms with E-state index >= 15 is 0 Å². The van der Waals surface area contributed by atoms with Gasteiger partial charge in [-0.3, -0.25) is 4.79 Å². The molecule has 0 saturated carbocycles. The van der Waals surface area contributed by atoms with Gasteiger partial charge in [-0.15, -0.1) is 10.2 Å². The number of nitrogens with one attached hydrogen (secondary N) is 1. The third-order valence-electron chi connectivity index (χ3n) is 3.26. The van der Waals surface area contributed by atoms with Crippen LogP contribution in [0.3, 0.4) is 0 Å². The van der Waals surface area contributed by atoms with E-state index in [2.05, 4.69) is 20.5 Å². The number of rotatable bonds is 5. The molecule has 3 aromatic rings. The highest BCUT2D eigenvalue weighted by Crippen LogP contribution is 2.22. The zero-order chi connectivity index (χ0) is 16.2. The molecule has 118 valence electrons. The molecule has 0 radical (unpaired) electrons. The van der Waals surface area contributed by atoms with Crippen molar-refractivity contribution in [2.24, 2.45) is 0 Å². The Morgan fingerprint density at radius 3 is 2.74 bits per heavy atom. The molecule has 0 aliphatic rings. The number of benzene rings is 1. The summed E-state index contributed by atoms with van der Waals surface area (Å²) in [4.78, 5) is 16.5. The van der Waals surface area contributed by atoms with Gasteiger partial charge in [0, 0.05) is 5.56 Å². The minimum atomic E-state index is -0.181. The molecule has 3 rings (SSSR count). The van der Waals surface area contributed by atoms with Gasteiger partial charge >= 0.3 is 0 Å². The molecule has 0 aliphatic heterocycles. The summed E-state index contributed by atoms with van der Waals surface area (Å²) in [5.74, 6) is 0.986. The minimum Gasteiger partial charge on any atom is -0.441 e. The summed E-state index contributed by atoms with van der Waals surface area (Å²) >= 11 is 1.38. The van der Waals surface area contributed by atoms with Gasteiger partial charge in [-0.2, -0.15) is 0 Å². The molecule has 0 fully saturated rings. The van der Waals surface area contributed by atoms with E-state index in [1.54, 1.807) is 0 Å². The summed E-state index contributed by atoms with van der Waals surface area (Å²) in [6, 6.07) is 9.61. The summed E-state index contributed by atoms with van der Waals surface area (Å²) in [7, 11) is 0. The third-order valence-corrected chi connectivity index (χ3v) is 4.24. The van der Waals surface area contributed by atoms with Gasteiger partial charge in [0.1, 0.15) is 10.8 Å². The third kappa shape index (κ3) is 3.62. The van der Waals surface area contributed by atoms with Crippen LogP contribution in [-0.4, -0.2) is 21.1 Å². The van der Waals surface area contributed by atoms with Crippen LogP contribution in [0.15, 0.2) is 34.7 Å². The summed E-state index contributed by atoms with van der Waals surface area (Å²) in [5.41, 5.74) is 1.51. The van der Waals surface area contributed by atoms with Crippen LogP contribution < -0.4 is 5.32 Å². The largest absolute Gasteiger partial charge is 0.441 e. The Morgan fingerprint density at radius 1 is 1.26 bits per heavy atom. The number of hydrogen-bond donors (Lipinski definition) is 1. The molecule has 1 N–H and O–H groups in total. The van der Waals surface area contributed by atoms with Gasteiger partial charge in [0.2, 0.25) is 16.9 Å². The molecule has 0 atom stereocenters. The van der Waals surface area contributed by atoms with E-state index in [0.29, 0.717) is 22.5 Å².